The number of carbonyl (C=O) groups excluding carboxylic acids is 2. The number of benzene rings is 1. The number of hydrogen-bond donors (Lipinski definition) is 1. The average molecular weight is 353 g/mol. The molecule has 0 aliphatic heterocycles. The number of ether oxygens (including phenoxy) is 1. The second-order valence-electron chi connectivity index (χ2n) is 6.10. The van der Waals surface area contributed by atoms with E-state index in [9.17, 15) is 9.59 Å². The fourth-order valence-corrected chi connectivity index (χ4v) is 3.16. The van der Waals surface area contributed by atoms with Crippen LogP contribution in [-0.2, 0) is 9.59 Å². The highest BCUT2D eigenvalue weighted by Crippen LogP contribution is 2.22. The monoisotopic (exact) mass is 352 g/mol. The zero-order valence-corrected chi connectivity index (χ0v) is 14.8. The fraction of sp³-hybridized carbons (Fsp3) is 0.556. The normalized spacial score (nSPS) is 14.9. The molecule has 2 amide bonds. The minimum Gasteiger partial charge on any atom is -0.484 e. The zero-order valence-electron chi connectivity index (χ0n) is 14.1. The topological polar surface area (TPSA) is 58.6 Å². The van der Waals surface area contributed by atoms with Crippen LogP contribution in [-0.4, -0.2) is 42.5 Å². The largest absolute Gasteiger partial charge is 0.484 e. The second-order valence-corrected chi connectivity index (χ2v) is 6.53. The van der Waals surface area contributed by atoms with Crippen LogP contribution < -0.4 is 10.1 Å². The Kier molecular flexibility index (Phi) is 7.37. The molecule has 0 radical (unpaired) electrons. The van der Waals surface area contributed by atoms with Crippen LogP contribution in [0.5, 0.6) is 5.75 Å². The van der Waals surface area contributed by atoms with E-state index in [-0.39, 0.29) is 18.4 Å². The van der Waals surface area contributed by atoms with Gasteiger partial charge in [0.05, 0.1) is 0 Å². The van der Waals surface area contributed by atoms with Gasteiger partial charge < -0.3 is 15.0 Å². The van der Waals surface area contributed by atoms with Gasteiger partial charge in [-0.1, -0.05) is 30.9 Å². The molecule has 0 spiro atoms. The quantitative estimate of drug-likeness (QED) is 0.820. The van der Waals surface area contributed by atoms with Gasteiger partial charge >= 0.3 is 0 Å². The Morgan fingerprint density at radius 1 is 1.21 bits per heavy atom. The summed E-state index contributed by atoms with van der Waals surface area (Å²) in [7, 11) is 0. The van der Waals surface area contributed by atoms with Gasteiger partial charge in [-0.3, -0.25) is 9.59 Å². The number of carbonyl (C=O) groups is 2. The first kappa shape index (κ1) is 18.6. The van der Waals surface area contributed by atoms with Gasteiger partial charge in [-0.15, -0.1) is 0 Å². The number of rotatable bonds is 7. The first-order valence-corrected chi connectivity index (χ1v) is 8.86. The van der Waals surface area contributed by atoms with E-state index in [1.54, 1.807) is 31.2 Å². The van der Waals surface area contributed by atoms with Crippen LogP contribution in [0.4, 0.5) is 0 Å². The molecule has 1 aliphatic rings. The molecule has 0 bridgehead atoms. The van der Waals surface area contributed by atoms with Gasteiger partial charge in [0.2, 0.25) is 5.91 Å². The van der Waals surface area contributed by atoms with Crippen LogP contribution in [0.2, 0.25) is 5.02 Å². The summed E-state index contributed by atoms with van der Waals surface area (Å²) in [6.45, 7) is 2.54. The molecule has 0 atom stereocenters. The van der Waals surface area contributed by atoms with Gasteiger partial charge in [0, 0.05) is 31.1 Å². The van der Waals surface area contributed by atoms with Crippen molar-refractivity contribution in [3.05, 3.63) is 29.3 Å². The summed E-state index contributed by atoms with van der Waals surface area (Å²) >= 11 is 5.80. The summed E-state index contributed by atoms with van der Waals surface area (Å²) in [5.74, 6) is 0.479. The Balaban J connectivity index is 1.70. The van der Waals surface area contributed by atoms with Crippen LogP contribution in [0.15, 0.2) is 24.3 Å². The predicted octanol–water partition coefficient (Wildman–Crippen LogP) is 3.02. The molecule has 1 N–H and O–H groups in total. The molecular weight excluding hydrogens is 328 g/mol. The maximum absolute atomic E-state index is 11.8. The molecule has 132 valence electrons. The number of halogens is 1. The van der Waals surface area contributed by atoms with Crippen LogP contribution in [0.1, 0.15) is 39.0 Å². The van der Waals surface area contributed by atoms with Crippen molar-refractivity contribution in [3.8, 4) is 5.75 Å². The highest BCUT2D eigenvalue weighted by atomic mass is 35.5. The van der Waals surface area contributed by atoms with E-state index in [0.717, 1.165) is 12.8 Å². The minimum atomic E-state index is -0.197. The van der Waals surface area contributed by atoms with Gasteiger partial charge in [-0.05, 0) is 37.1 Å². The summed E-state index contributed by atoms with van der Waals surface area (Å²) in [6.07, 6.45) is 5.73. The third-order valence-electron chi connectivity index (χ3n) is 4.28. The minimum absolute atomic E-state index is 0.0505. The SMILES string of the molecule is CC(=O)N(CCNC(=O)COc1ccc(Cl)cc1)C1CCCCC1. The molecule has 6 heteroatoms. The van der Waals surface area contributed by atoms with Crippen molar-refractivity contribution in [1.82, 2.24) is 10.2 Å². The van der Waals surface area contributed by atoms with Gasteiger partial charge in [0.1, 0.15) is 5.75 Å². The van der Waals surface area contributed by atoms with Crippen molar-refractivity contribution in [3.63, 3.8) is 0 Å². The molecule has 1 aromatic carbocycles. The van der Waals surface area contributed by atoms with E-state index >= 15 is 0 Å². The Bertz CT molecular complexity index is 542. The van der Waals surface area contributed by atoms with Crippen LogP contribution >= 0.6 is 11.6 Å². The lowest BCUT2D eigenvalue weighted by molar-refractivity contribution is -0.132. The molecule has 0 unspecified atom stereocenters. The van der Waals surface area contributed by atoms with Crippen LogP contribution in [0, 0.1) is 0 Å². The number of nitrogens with zero attached hydrogens (tertiary/aromatic N) is 1. The Hall–Kier alpha value is -1.75. The van der Waals surface area contributed by atoms with Crippen molar-refractivity contribution in [2.24, 2.45) is 0 Å². The molecule has 0 aromatic heterocycles. The highest BCUT2D eigenvalue weighted by molar-refractivity contribution is 6.30. The molecule has 5 nitrogen and oxygen atoms in total. The lowest BCUT2D eigenvalue weighted by atomic mass is 9.94. The Labute approximate surface area is 148 Å². The lowest BCUT2D eigenvalue weighted by Crippen LogP contribution is -2.45. The van der Waals surface area contributed by atoms with Gasteiger partial charge in [0.15, 0.2) is 6.61 Å². The predicted molar refractivity (Wildman–Crippen MR) is 94.2 cm³/mol. The van der Waals surface area contributed by atoms with Crippen LogP contribution in [0.25, 0.3) is 0 Å². The summed E-state index contributed by atoms with van der Waals surface area (Å²) < 4.78 is 5.39. The van der Waals surface area contributed by atoms with Crippen molar-refractivity contribution in [2.75, 3.05) is 19.7 Å². The molecule has 24 heavy (non-hydrogen) atoms. The van der Waals surface area contributed by atoms with Gasteiger partial charge in [-0.2, -0.15) is 0 Å². The van der Waals surface area contributed by atoms with E-state index in [4.69, 9.17) is 16.3 Å². The fourth-order valence-electron chi connectivity index (χ4n) is 3.04. The third-order valence-corrected chi connectivity index (χ3v) is 4.53. The third kappa shape index (κ3) is 6.04. The number of hydrogen-bond acceptors (Lipinski definition) is 3. The highest BCUT2D eigenvalue weighted by Gasteiger charge is 2.22. The second kappa shape index (κ2) is 9.52. The molecule has 1 aliphatic carbocycles. The molecule has 0 heterocycles. The lowest BCUT2D eigenvalue weighted by Gasteiger charge is -2.33. The summed E-state index contributed by atoms with van der Waals surface area (Å²) in [4.78, 5) is 25.6. The maximum Gasteiger partial charge on any atom is 0.258 e. The van der Waals surface area contributed by atoms with E-state index in [1.807, 2.05) is 4.90 Å². The molecular formula is C18H25ClN2O3. The molecule has 1 aromatic rings. The molecule has 1 saturated carbocycles. The van der Waals surface area contributed by atoms with E-state index in [0.29, 0.717) is 29.9 Å². The van der Waals surface area contributed by atoms with Gasteiger partial charge in [-0.25, -0.2) is 0 Å². The van der Waals surface area contributed by atoms with Crippen molar-refractivity contribution in [2.45, 2.75) is 45.1 Å². The summed E-state index contributed by atoms with van der Waals surface area (Å²) in [5.41, 5.74) is 0. The Morgan fingerprint density at radius 2 is 1.88 bits per heavy atom. The number of amides is 2. The first-order valence-electron chi connectivity index (χ1n) is 8.48. The van der Waals surface area contributed by atoms with E-state index in [1.165, 1.54) is 19.3 Å². The Morgan fingerprint density at radius 3 is 2.50 bits per heavy atom. The summed E-state index contributed by atoms with van der Waals surface area (Å²) in [5, 5.41) is 3.43. The van der Waals surface area contributed by atoms with Crippen molar-refractivity contribution >= 4 is 23.4 Å². The number of nitrogens with one attached hydrogen (secondary N) is 1. The summed E-state index contributed by atoms with van der Waals surface area (Å²) in [6, 6.07) is 7.18. The van der Waals surface area contributed by atoms with Crippen molar-refractivity contribution in [1.29, 1.82) is 0 Å². The average Bonchev–Trinajstić information content (AvgIpc) is 2.58. The molecule has 0 saturated heterocycles. The molecule has 2 rings (SSSR count). The maximum atomic E-state index is 11.8. The van der Waals surface area contributed by atoms with Crippen LogP contribution in [0.3, 0.4) is 0 Å². The van der Waals surface area contributed by atoms with Crippen molar-refractivity contribution < 1.29 is 14.3 Å². The standard InChI is InChI=1S/C18H25ClN2O3/c1-14(22)21(16-5-3-2-4-6-16)12-11-20-18(23)13-24-17-9-7-15(19)8-10-17/h7-10,16H,2-6,11-13H2,1H3,(H,20,23). The van der Waals surface area contributed by atoms with Gasteiger partial charge in [0.25, 0.3) is 5.91 Å². The van der Waals surface area contributed by atoms with E-state index in [2.05, 4.69) is 5.32 Å². The van der Waals surface area contributed by atoms with E-state index < -0.39 is 0 Å². The smallest absolute Gasteiger partial charge is 0.258 e. The zero-order chi connectivity index (χ0) is 17.4. The molecule has 1 fully saturated rings. The first-order chi connectivity index (χ1) is 11.6.